The third-order valence-corrected chi connectivity index (χ3v) is 6.78. The first kappa shape index (κ1) is 23.7. The Kier molecular flexibility index (Phi) is 7.14. The molecule has 4 rings (SSSR count). The van der Waals surface area contributed by atoms with Gasteiger partial charge in [0.2, 0.25) is 5.91 Å². The molecular formula is C26H29FN2O5. The lowest BCUT2D eigenvalue weighted by Gasteiger charge is -2.46. The fraction of sp³-hybridized carbons (Fsp3) is 0.423. The first-order valence-electron chi connectivity index (χ1n) is 11.7. The maximum atomic E-state index is 13.5. The molecule has 0 spiro atoms. The number of carboxylic acids is 1. The van der Waals surface area contributed by atoms with E-state index in [0.29, 0.717) is 17.8 Å². The molecule has 1 heterocycles. The number of aliphatic carboxylic acids is 1. The minimum atomic E-state index is -1.00. The van der Waals surface area contributed by atoms with Gasteiger partial charge in [-0.3, -0.25) is 14.5 Å². The molecule has 1 aliphatic carbocycles. The van der Waals surface area contributed by atoms with Gasteiger partial charge in [-0.15, -0.1) is 0 Å². The number of benzene rings is 2. The number of anilines is 1. The number of carbonyl (C=O) groups excluding carboxylic acids is 2. The molecule has 2 aromatic carbocycles. The Morgan fingerprint density at radius 1 is 1.12 bits per heavy atom. The topological polar surface area (TPSA) is 87.2 Å². The summed E-state index contributed by atoms with van der Waals surface area (Å²) in [6, 6.07) is 13.1. The van der Waals surface area contributed by atoms with Crippen LogP contribution < -0.4 is 4.90 Å². The number of nitrogens with zero attached hydrogens (tertiary/aromatic N) is 2. The Morgan fingerprint density at radius 3 is 2.65 bits per heavy atom. The standard InChI is InChI=1S/C26H29FN2O5/c1-2-28(23(30)13-14-24(31)32)25-19-9-3-4-11-21(19)29(22-12-6-10-20(22)25)26(33)34-16-17-7-5-8-18(27)15-17/h3-5,7-9,11,15,20,22,25H,2,6,10,12-14,16H2,1H3,(H,31,32). The minimum absolute atomic E-state index is 0.0188. The highest BCUT2D eigenvalue weighted by Crippen LogP contribution is 2.50. The summed E-state index contributed by atoms with van der Waals surface area (Å²) in [6.07, 6.45) is 1.78. The highest BCUT2D eigenvalue weighted by Gasteiger charge is 2.48. The molecule has 1 saturated carbocycles. The number of para-hydroxylation sites is 1. The van der Waals surface area contributed by atoms with Crippen LogP contribution in [0, 0.1) is 11.7 Å². The van der Waals surface area contributed by atoms with Gasteiger partial charge < -0.3 is 14.7 Å². The normalized spacial score (nSPS) is 20.9. The van der Waals surface area contributed by atoms with Crippen molar-refractivity contribution in [2.24, 2.45) is 5.92 Å². The van der Waals surface area contributed by atoms with E-state index in [-0.39, 0.29) is 49.2 Å². The lowest BCUT2D eigenvalue weighted by molar-refractivity contribution is -0.142. The van der Waals surface area contributed by atoms with Gasteiger partial charge in [-0.05, 0) is 49.1 Å². The van der Waals surface area contributed by atoms with Gasteiger partial charge >= 0.3 is 12.1 Å². The van der Waals surface area contributed by atoms with Crippen LogP contribution in [0.3, 0.4) is 0 Å². The first-order chi connectivity index (χ1) is 16.4. The van der Waals surface area contributed by atoms with Crippen molar-refractivity contribution < 1.29 is 28.6 Å². The van der Waals surface area contributed by atoms with Crippen molar-refractivity contribution in [1.29, 1.82) is 0 Å². The van der Waals surface area contributed by atoms with E-state index in [9.17, 15) is 18.8 Å². The molecule has 180 valence electrons. The summed E-state index contributed by atoms with van der Waals surface area (Å²) in [5.74, 6) is -1.56. The van der Waals surface area contributed by atoms with E-state index >= 15 is 0 Å². The lowest BCUT2D eigenvalue weighted by atomic mass is 9.81. The van der Waals surface area contributed by atoms with E-state index in [1.165, 1.54) is 12.1 Å². The smallest absolute Gasteiger partial charge is 0.414 e. The van der Waals surface area contributed by atoms with Crippen LogP contribution in [0.15, 0.2) is 48.5 Å². The third-order valence-electron chi connectivity index (χ3n) is 6.78. The number of carboxylic acid groups (broad SMARTS) is 1. The number of hydrogen-bond donors (Lipinski definition) is 1. The third kappa shape index (κ3) is 4.76. The summed E-state index contributed by atoms with van der Waals surface area (Å²) < 4.78 is 19.1. The summed E-state index contributed by atoms with van der Waals surface area (Å²) in [7, 11) is 0. The van der Waals surface area contributed by atoms with E-state index in [1.54, 1.807) is 21.9 Å². The Hall–Kier alpha value is -3.42. The van der Waals surface area contributed by atoms with Crippen LogP contribution in [0.4, 0.5) is 14.9 Å². The largest absolute Gasteiger partial charge is 0.481 e. The quantitative estimate of drug-likeness (QED) is 0.624. The van der Waals surface area contributed by atoms with Crippen LogP contribution in [0.25, 0.3) is 0 Å². The van der Waals surface area contributed by atoms with Crippen LogP contribution in [0.1, 0.15) is 56.2 Å². The van der Waals surface area contributed by atoms with Gasteiger partial charge in [0.05, 0.1) is 18.2 Å². The fourth-order valence-electron chi connectivity index (χ4n) is 5.38. The summed E-state index contributed by atoms with van der Waals surface area (Å²) in [5, 5.41) is 9.03. The van der Waals surface area contributed by atoms with Crippen LogP contribution >= 0.6 is 0 Å². The van der Waals surface area contributed by atoms with Crippen molar-refractivity contribution in [3.63, 3.8) is 0 Å². The highest BCUT2D eigenvalue weighted by atomic mass is 19.1. The highest BCUT2D eigenvalue weighted by molar-refractivity contribution is 5.91. The molecule has 2 aromatic rings. The molecule has 0 saturated heterocycles. The minimum Gasteiger partial charge on any atom is -0.481 e. The number of ether oxygens (including phenoxy) is 1. The maximum absolute atomic E-state index is 13.5. The summed E-state index contributed by atoms with van der Waals surface area (Å²) >= 11 is 0. The van der Waals surface area contributed by atoms with Gasteiger partial charge in [-0.1, -0.05) is 36.8 Å². The van der Waals surface area contributed by atoms with Crippen LogP contribution in [0.5, 0.6) is 0 Å². The molecule has 7 nitrogen and oxygen atoms in total. The molecule has 2 aliphatic rings. The molecule has 0 bridgehead atoms. The number of carbonyl (C=O) groups is 3. The zero-order valence-electron chi connectivity index (χ0n) is 19.2. The molecule has 2 amide bonds. The molecule has 8 heteroatoms. The van der Waals surface area contributed by atoms with Crippen molar-refractivity contribution in [3.05, 3.63) is 65.5 Å². The van der Waals surface area contributed by atoms with E-state index in [1.807, 2.05) is 31.2 Å². The van der Waals surface area contributed by atoms with Crippen molar-refractivity contribution >= 4 is 23.7 Å². The van der Waals surface area contributed by atoms with E-state index < -0.39 is 12.1 Å². The fourth-order valence-corrected chi connectivity index (χ4v) is 5.38. The number of rotatable bonds is 7. The number of halogens is 1. The average Bonchev–Trinajstić information content (AvgIpc) is 3.30. The summed E-state index contributed by atoms with van der Waals surface area (Å²) in [5.41, 5.74) is 2.13. The second kappa shape index (κ2) is 10.2. The Morgan fingerprint density at radius 2 is 1.91 bits per heavy atom. The van der Waals surface area contributed by atoms with Gasteiger partial charge in [0.25, 0.3) is 0 Å². The number of amides is 2. The number of hydrogen-bond acceptors (Lipinski definition) is 4. The van der Waals surface area contributed by atoms with Crippen molar-refractivity contribution in [1.82, 2.24) is 4.90 Å². The summed E-state index contributed by atoms with van der Waals surface area (Å²) in [6.45, 7) is 2.31. The monoisotopic (exact) mass is 468 g/mol. The zero-order valence-corrected chi connectivity index (χ0v) is 19.2. The second-order valence-electron chi connectivity index (χ2n) is 8.79. The molecular weight excluding hydrogens is 439 g/mol. The van der Waals surface area contributed by atoms with E-state index in [0.717, 1.165) is 24.8 Å². The Labute approximate surface area is 198 Å². The molecule has 1 N–H and O–H groups in total. The predicted molar refractivity (Wildman–Crippen MR) is 124 cm³/mol. The molecule has 3 unspecified atom stereocenters. The Balaban J connectivity index is 1.63. The average molecular weight is 469 g/mol. The zero-order chi connectivity index (χ0) is 24.2. The van der Waals surface area contributed by atoms with Gasteiger partial charge in [0.1, 0.15) is 12.4 Å². The van der Waals surface area contributed by atoms with Crippen LogP contribution in [0.2, 0.25) is 0 Å². The maximum Gasteiger partial charge on any atom is 0.414 e. The van der Waals surface area contributed by atoms with Gasteiger partial charge in [-0.25, -0.2) is 9.18 Å². The van der Waals surface area contributed by atoms with E-state index in [2.05, 4.69) is 0 Å². The first-order valence-corrected chi connectivity index (χ1v) is 11.7. The van der Waals surface area contributed by atoms with Crippen molar-refractivity contribution in [2.45, 2.75) is 57.7 Å². The lowest BCUT2D eigenvalue weighted by Crippen LogP contribution is -2.52. The van der Waals surface area contributed by atoms with Gasteiger partial charge in [0, 0.05) is 24.9 Å². The SMILES string of the molecule is CCN(C(=O)CCC(=O)O)C1c2ccccc2N(C(=O)OCc2cccc(F)c2)C2CCCC12. The van der Waals surface area contributed by atoms with Crippen LogP contribution in [-0.4, -0.2) is 40.6 Å². The Bertz CT molecular complexity index is 1070. The molecule has 3 atom stereocenters. The van der Waals surface area contributed by atoms with Crippen molar-refractivity contribution in [3.8, 4) is 0 Å². The predicted octanol–water partition coefficient (Wildman–Crippen LogP) is 4.91. The molecule has 0 radical (unpaired) electrons. The van der Waals surface area contributed by atoms with Crippen molar-refractivity contribution in [2.75, 3.05) is 11.4 Å². The van der Waals surface area contributed by atoms with Gasteiger partial charge in [0.15, 0.2) is 0 Å². The number of fused-ring (bicyclic) bond motifs is 2. The van der Waals surface area contributed by atoms with E-state index in [4.69, 9.17) is 9.84 Å². The van der Waals surface area contributed by atoms with Gasteiger partial charge in [-0.2, -0.15) is 0 Å². The molecule has 34 heavy (non-hydrogen) atoms. The summed E-state index contributed by atoms with van der Waals surface area (Å²) in [4.78, 5) is 40.8. The molecule has 1 aliphatic heterocycles. The second-order valence-corrected chi connectivity index (χ2v) is 8.79. The molecule has 0 aromatic heterocycles. The van der Waals surface area contributed by atoms with Crippen LogP contribution in [-0.2, 0) is 20.9 Å². The molecule has 1 fully saturated rings.